The van der Waals surface area contributed by atoms with E-state index in [0.29, 0.717) is 11.1 Å². The van der Waals surface area contributed by atoms with Crippen molar-refractivity contribution >= 4 is 23.1 Å². The monoisotopic (exact) mass is 540 g/mol. The molecule has 40 heavy (non-hydrogen) atoms. The molecule has 0 spiro atoms. The predicted octanol–water partition coefficient (Wildman–Crippen LogP) is 3.77. The van der Waals surface area contributed by atoms with E-state index in [0.717, 1.165) is 24.3 Å². The van der Waals surface area contributed by atoms with Crippen LogP contribution in [-0.2, 0) is 0 Å². The molecule has 6 rings (SSSR count). The minimum Gasteiger partial charge on any atom is -0.508 e. The van der Waals surface area contributed by atoms with Gasteiger partial charge < -0.3 is 30.6 Å². The lowest BCUT2D eigenvalue weighted by molar-refractivity contribution is 0.0974. The molecule has 0 heterocycles. The summed E-state index contributed by atoms with van der Waals surface area (Å²) >= 11 is 0. The minimum atomic E-state index is -0.635. The molecule has 0 fully saturated rings. The Labute approximate surface area is 225 Å². The molecule has 2 aliphatic rings. The molecular formula is C30H20O10. The summed E-state index contributed by atoms with van der Waals surface area (Å²) in [6, 6.07) is 10.0. The van der Waals surface area contributed by atoms with Crippen LogP contribution >= 0.6 is 0 Å². The van der Waals surface area contributed by atoms with Gasteiger partial charge in [-0.05, 0) is 61.4 Å². The van der Waals surface area contributed by atoms with Gasteiger partial charge >= 0.3 is 0 Å². The zero-order valence-corrected chi connectivity index (χ0v) is 20.9. The average molecular weight is 540 g/mol. The molecule has 2 aliphatic carbocycles. The second kappa shape index (κ2) is 8.98. The maximum atomic E-state index is 12.4. The quantitative estimate of drug-likeness (QED) is 0.165. The number of ketones is 4. The molecule has 4 aromatic rings. The van der Waals surface area contributed by atoms with Gasteiger partial charge in [-0.15, -0.1) is 0 Å². The summed E-state index contributed by atoms with van der Waals surface area (Å²) in [6.45, 7) is 3.38. The maximum absolute atomic E-state index is 12.4. The van der Waals surface area contributed by atoms with Gasteiger partial charge in [0.2, 0.25) is 11.6 Å². The zero-order valence-electron chi connectivity index (χ0n) is 20.9. The van der Waals surface area contributed by atoms with Crippen LogP contribution in [0.1, 0.15) is 74.8 Å². The molecule has 0 amide bonds. The molecule has 0 bridgehead atoms. The number of fused-ring (bicyclic) bond motifs is 4. The van der Waals surface area contributed by atoms with Gasteiger partial charge in [-0.3, -0.25) is 19.2 Å². The number of aryl methyl sites for hydroxylation is 2. The highest BCUT2D eigenvalue weighted by Crippen LogP contribution is 2.40. The van der Waals surface area contributed by atoms with Crippen molar-refractivity contribution in [2.24, 2.45) is 0 Å². The Kier molecular flexibility index (Phi) is 5.84. The average Bonchev–Trinajstić information content (AvgIpc) is 2.84. The second-order valence-electron chi connectivity index (χ2n) is 9.50. The largest absolute Gasteiger partial charge is 0.508 e. The summed E-state index contributed by atoms with van der Waals surface area (Å²) in [5.41, 5.74) is 0.664. The van der Waals surface area contributed by atoms with E-state index in [1.165, 1.54) is 24.3 Å². The van der Waals surface area contributed by atoms with E-state index >= 15 is 0 Å². The summed E-state index contributed by atoms with van der Waals surface area (Å²) in [5.74, 6) is -4.46. The summed E-state index contributed by atoms with van der Waals surface area (Å²) in [6.07, 6.45) is 0. The van der Waals surface area contributed by atoms with Gasteiger partial charge in [0, 0.05) is 34.4 Å². The highest BCUT2D eigenvalue weighted by molar-refractivity contribution is 6.31. The first-order valence-electron chi connectivity index (χ1n) is 11.8. The van der Waals surface area contributed by atoms with Crippen molar-refractivity contribution in [3.63, 3.8) is 0 Å². The van der Waals surface area contributed by atoms with Crippen LogP contribution in [0.4, 0.5) is 0 Å². The number of hydrogen-bond acceptors (Lipinski definition) is 10. The van der Waals surface area contributed by atoms with Crippen LogP contribution in [0.5, 0.6) is 34.5 Å². The number of phenolic OH excluding ortho intramolecular Hbond substituents is 6. The fraction of sp³-hybridized carbons (Fsp3) is 0.0667. The highest BCUT2D eigenvalue weighted by atomic mass is 16.3. The molecule has 10 heteroatoms. The van der Waals surface area contributed by atoms with Crippen LogP contribution in [0, 0.1) is 13.8 Å². The Morgan fingerprint density at radius 3 is 0.975 bits per heavy atom. The number of hydrogen-bond donors (Lipinski definition) is 6. The Morgan fingerprint density at radius 2 is 0.650 bits per heavy atom. The first-order chi connectivity index (χ1) is 18.8. The molecule has 0 unspecified atom stereocenters. The zero-order chi connectivity index (χ0) is 29.2. The number of carbonyl (C=O) groups excluding carboxylic acids is 4. The third kappa shape index (κ3) is 3.90. The van der Waals surface area contributed by atoms with Crippen LogP contribution in [-0.4, -0.2) is 53.8 Å². The van der Waals surface area contributed by atoms with Crippen LogP contribution in [0.3, 0.4) is 0 Å². The fourth-order valence-corrected chi connectivity index (χ4v) is 4.97. The molecule has 0 radical (unpaired) electrons. The summed E-state index contributed by atoms with van der Waals surface area (Å²) in [4.78, 5) is 49.5. The molecule has 0 saturated heterocycles. The third-order valence-electron chi connectivity index (χ3n) is 6.62. The molecule has 4 aromatic carbocycles. The fourth-order valence-electron chi connectivity index (χ4n) is 4.97. The number of aromatic hydroxyl groups is 6. The molecular weight excluding hydrogens is 520 g/mol. The Morgan fingerprint density at radius 1 is 0.375 bits per heavy atom. The number of carbonyl (C=O) groups is 4. The van der Waals surface area contributed by atoms with Crippen molar-refractivity contribution in [3.8, 4) is 34.5 Å². The van der Waals surface area contributed by atoms with Gasteiger partial charge in [-0.25, -0.2) is 0 Å². The molecule has 0 aromatic heterocycles. The number of phenols is 6. The second-order valence-corrected chi connectivity index (χ2v) is 9.50. The van der Waals surface area contributed by atoms with Crippen molar-refractivity contribution < 1.29 is 49.8 Å². The molecule has 10 nitrogen and oxygen atoms in total. The van der Waals surface area contributed by atoms with E-state index in [-0.39, 0.29) is 67.5 Å². The number of rotatable bonds is 0. The van der Waals surface area contributed by atoms with E-state index in [9.17, 15) is 49.8 Å². The first kappa shape index (κ1) is 26.0. The molecule has 0 atom stereocenters. The van der Waals surface area contributed by atoms with Gasteiger partial charge in [-0.2, -0.15) is 0 Å². The normalized spacial score (nSPS) is 13.1. The predicted molar refractivity (Wildman–Crippen MR) is 139 cm³/mol. The first-order valence-corrected chi connectivity index (χ1v) is 11.8. The summed E-state index contributed by atoms with van der Waals surface area (Å²) in [7, 11) is 0. The summed E-state index contributed by atoms with van der Waals surface area (Å²) in [5, 5.41) is 58.3. The lowest BCUT2D eigenvalue weighted by Crippen LogP contribution is -2.21. The van der Waals surface area contributed by atoms with Crippen molar-refractivity contribution in [3.05, 3.63) is 104 Å². The third-order valence-corrected chi connectivity index (χ3v) is 6.62. The van der Waals surface area contributed by atoms with Gasteiger partial charge in [0.05, 0.1) is 22.3 Å². The smallest absolute Gasteiger partial charge is 0.201 e. The van der Waals surface area contributed by atoms with E-state index in [1.807, 2.05) is 0 Å². The summed E-state index contributed by atoms with van der Waals surface area (Å²) < 4.78 is 0. The standard InChI is InChI=1S/2C15H10O5/c2*1-6-2-8-12(10(17)3-6)15(20)13-9(14(8)19)4-7(16)5-11(13)18/h2*2-5,16-18H,1H3. The van der Waals surface area contributed by atoms with Crippen molar-refractivity contribution in [1.82, 2.24) is 0 Å². The molecule has 0 aliphatic heterocycles. The van der Waals surface area contributed by atoms with Crippen molar-refractivity contribution in [1.29, 1.82) is 0 Å². The van der Waals surface area contributed by atoms with Gasteiger partial charge in [-0.1, -0.05) is 0 Å². The SMILES string of the molecule is Cc1cc(O)c2c(c1)C(=O)c1cc(O)cc(O)c1C2=O.Cc1cc(O)c2c(c1)C(=O)c1cc(O)cc(O)c1C2=O. The topological polar surface area (TPSA) is 190 Å². The lowest BCUT2D eigenvalue weighted by atomic mass is 9.82. The van der Waals surface area contributed by atoms with Gasteiger partial charge in [0.25, 0.3) is 0 Å². The Bertz CT molecular complexity index is 1590. The van der Waals surface area contributed by atoms with E-state index in [2.05, 4.69) is 0 Å². The maximum Gasteiger partial charge on any atom is 0.201 e. The van der Waals surface area contributed by atoms with Gasteiger partial charge in [0.1, 0.15) is 34.5 Å². The van der Waals surface area contributed by atoms with E-state index < -0.39 is 34.6 Å². The van der Waals surface area contributed by atoms with Crippen LogP contribution in [0.15, 0.2) is 48.5 Å². The number of benzene rings is 4. The van der Waals surface area contributed by atoms with Crippen molar-refractivity contribution in [2.45, 2.75) is 13.8 Å². The lowest BCUT2D eigenvalue weighted by Gasteiger charge is -2.19. The molecule has 200 valence electrons. The van der Waals surface area contributed by atoms with Crippen LogP contribution in [0.25, 0.3) is 0 Å². The van der Waals surface area contributed by atoms with Crippen LogP contribution < -0.4 is 0 Å². The minimum absolute atomic E-state index is 0.0648. The van der Waals surface area contributed by atoms with E-state index in [4.69, 9.17) is 0 Å². The van der Waals surface area contributed by atoms with Gasteiger partial charge in [0.15, 0.2) is 11.6 Å². The van der Waals surface area contributed by atoms with E-state index in [1.54, 1.807) is 13.8 Å². The van der Waals surface area contributed by atoms with Crippen LogP contribution in [0.2, 0.25) is 0 Å². The molecule has 0 saturated carbocycles. The Hall–Kier alpha value is -5.64. The highest BCUT2D eigenvalue weighted by Gasteiger charge is 2.36. The Balaban J connectivity index is 0.000000161. The van der Waals surface area contributed by atoms with Crippen molar-refractivity contribution in [2.75, 3.05) is 0 Å². The molecule has 6 N–H and O–H groups in total.